The van der Waals surface area contributed by atoms with Crippen molar-refractivity contribution in [3.05, 3.63) is 95.9 Å². The summed E-state index contributed by atoms with van der Waals surface area (Å²) in [6, 6.07) is 19.6. The molecule has 1 amide bonds. The van der Waals surface area contributed by atoms with Crippen LogP contribution in [-0.4, -0.2) is 43.8 Å². The quantitative estimate of drug-likeness (QED) is 0.524. The molecule has 2 aromatic carbocycles. The molecule has 7 heteroatoms. The van der Waals surface area contributed by atoms with Crippen LogP contribution >= 0.6 is 0 Å². The fourth-order valence-electron chi connectivity index (χ4n) is 4.11. The molecular formula is C23H21N5O2. The topological polar surface area (TPSA) is 77.0 Å². The highest BCUT2D eigenvalue weighted by Crippen LogP contribution is 2.39. The van der Waals surface area contributed by atoms with Gasteiger partial charge in [-0.05, 0) is 36.8 Å². The molecule has 3 heterocycles. The van der Waals surface area contributed by atoms with Crippen molar-refractivity contribution in [2.24, 2.45) is 0 Å². The van der Waals surface area contributed by atoms with E-state index in [1.54, 1.807) is 10.9 Å². The van der Waals surface area contributed by atoms with Gasteiger partial charge in [-0.2, -0.15) is 10.1 Å². The van der Waals surface area contributed by atoms with Crippen LogP contribution in [0.2, 0.25) is 0 Å². The summed E-state index contributed by atoms with van der Waals surface area (Å²) in [6.07, 6.45) is 3.58. The molecular weight excluding hydrogens is 378 g/mol. The first-order valence-corrected chi connectivity index (χ1v) is 9.93. The molecule has 1 saturated heterocycles. The molecule has 150 valence electrons. The second kappa shape index (κ2) is 7.59. The van der Waals surface area contributed by atoms with Gasteiger partial charge in [-0.1, -0.05) is 41.6 Å². The van der Waals surface area contributed by atoms with Crippen molar-refractivity contribution >= 4 is 5.91 Å². The van der Waals surface area contributed by atoms with Crippen LogP contribution in [0.25, 0.3) is 5.69 Å². The molecule has 7 nitrogen and oxygen atoms in total. The summed E-state index contributed by atoms with van der Waals surface area (Å²) < 4.78 is 7.24. The molecule has 0 unspecified atom stereocenters. The van der Waals surface area contributed by atoms with Gasteiger partial charge < -0.3 is 9.42 Å². The van der Waals surface area contributed by atoms with Gasteiger partial charge in [0, 0.05) is 37.0 Å². The van der Waals surface area contributed by atoms with Crippen molar-refractivity contribution in [2.75, 3.05) is 13.1 Å². The van der Waals surface area contributed by atoms with Gasteiger partial charge in [0.05, 0.1) is 11.6 Å². The van der Waals surface area contributed by atoms with Gasteiger partial charge in [-0.25, -0.2) is 4.68 Å². The minimum Gasteiger partial charge on any atom is -0.339 e. The van der Waals surface area contributed by atoms with E-state index in [0.717, 1.165) is 5.69 Å². The molecule has 0 N–H and O–H groups in total. The number of hydrogen-bond acceptors (Lipinski definition) is 5. The number of carbonyl (C=O) groups excluding carboxylic acids is 1. The molecule has 2 atom stereocenters. The van der Waals surface area contributed by atoms with E-state index in [1.807, 2.05) is 66.6 Å². The predicted octanol–water partition coefficient (Wildman–Crippen LogP) is 3.59. The molecule has 0 spiro atoms. The minimum atomic E-state index is -0.0353. The Bertz CT molecular complexity index is 1150. The summed E-state index contributed by atoms with van der Waals surface area (Å²) in [5.74, 6) is 1.25. The minimum absolute atomic E-state index is 0.0105. The van der Waals surface area contributed by atoms with Crippen LogP contribution in [0.3, 0.4) is 0 Å². The highest BCUT2D eigenvalue weighted by atomic mass is 16.5. The zero-order valence-corrected chi connectivity index (χ0v) is 16.5. The van der Waals surface area contributed by atoms with Crippen molar-refractivity contribution in [1.29, 1.82) is 0 Å². The van der Waals surface area contributed by atoms with E-state index < -0.39 is 0 Å². The lowest BCUT2D eigenvalue weighted by atomic mass is 9.89. The number of aromatic nitrogens is 4. The Balaban J connectivity index is 1.45. The molecule has 30 heavy (non-hydrogen) atoms. The molecule has 4 aromatic rings. The zero-order valence-electron chi connectivity index (χ0n) is 16.5. The standard InChI is InChI=1S/C23H21N5O2/c1-16-25-22(30-26-16)21-15-27(14-20(21)17-7-3-2-4-8-17)23(29)18-9-5-10-19(13-18)28-12-6-11-24-28/h2-13,20-21H,14-15H2,1H3/t20-,21+/m0/s1. The predicted molar refractivity (Wildman–Crippen MR) is 110 cm³/mol. The van der Waals surface area contributed by atoms with E-state index >= 15 is 0 Å². The van der Waals surface area contributed by atoms with E-state index in [2.05, 4.69) is 27.4 Å². The number of hydrogen-bond donors (Lipinski definition) is 0. The van der Waals surface area contributed by atoms with E-state index in [-0.39, 0.29) is 17.7 Å². The number of likely N-dealkylation sites (tertiary alicyclic amines) is 1. The number of amides is 1. The summed E-state index contributed by atoms with van der Waals surface area (Å²) in [4.78, 5) is 19.7. The number of nitrogens with zero attached hydrogens (tertiary/aromatic N) is 5. The highest BCUT2D eigenvalue weighted by Gasteiger charge is 2.40. The van der Waals surface area contributed by atoms with Crippen LogP contribution in [0, 0.1) is 6.92 Å². The van der Waals surface area contributed by atoms with Gasteiger partial charge in [-0.3, -0.25) is 4.79 Å². The molecule has 0 saturated carbocycles. The van der Waals surface area contributed by atoms with Crippen molar-refractivity contribution < 1.29 is 9.32 Å². The molecule has 0 aliphatic carbocycles. The zero-order chi connectivity index (χ0) is 20.5. The summed E-state index contributed by atoms with van der Waals surface area (Å²) >= 11 is 0. The van der Waals surface area contributed by atoms with Crippen LogP contribution in [-0.2, 0) is 0 Å². The molecule has 5 rings (SSSR count). The molecule has 2 aromatic heterocycles. The summed E-state index contributed by atoms with van der Waals surface area (Å²) in [6.45, 7) is 2.94. The van der Waals surface area contributed by atoms with E-state index in [4.69, 9.17) is 4.52 Å². The Morgan fingerprint density at radius 1 is 1.03 bits per heavy atom. The lowest BCUT2D eigenvalue weighted by Crippen LogP contribution is -2.29. The Morgan fingerprint density at radius 3 is 2.60 bits per heavy atom. The molecule has 1 aliphatic rings. The molecule has 0 bridgehead atoms. The smallest absolute Gasteiger partial charge is 0.253 e. The Kier molecular flexibility index (Phi) is 4.63. The lowest BCUT2D eigenvalue weighted by Gasteiger charge is -2.17. The third-order valence-corrected chi connectivity index (χ3v) is 5.56. The maximum absolute atomic E-state index is 13.4. The third-order valence-electron chi connectivity index (χ3n) is 5.56. The second-order valence-electron chi connectivity index (χ2n) is 7.51. The maximum Gasteiger partial charge on any atom is 0.253 e. The SMILES string of the molecule is Cc1noc([C@@H]2CN(C(=O)c3cccc(-n4cccn4)c3)C[C@H]2c2ccccc2)n1. The first kappa shape index (κ1) is 18.3. The van der Waals surface area contributed by atoms with Crippen LogP contribution in [0.1, 0.15) is 39.5 Å². The van der Waals surface area contributed by atoms with E-state index in [1.165, 1.54) is 5.56 Å². The Hall–Kier alpha value is -3.74. The second-order valence-corrected chi connectivity index (χ2v) is 7.51. The third kappa shape index (κ3) is 3.39. The van der Waals surface area contributed by atoms with Gasteiger partial charge in [0.15, 0.2) is 5.82 Å². The average Bonchev–Trinajstić information content (AvgIpc) is 3.54. The highest BCUT2D eigenvalue weighted by molar-refractivity contribution is 5.95. The fourth-order valence-corrected chi connectivity index (χ4v) is 4.11. The van der Waals surface area contributed by atoms with Crippen LogP contribution in [0.5, 0.6) is 0 Å². The first-order valence-electron chi connectivity index (χ1n) is 9.93. The number of benzene rings is 2. The van der Waals surface area contributed by atoms with Crippen molar-refractivity contribution in [1.82, 2.24) is 24.8 Å². The molecule has 0 radical (unpaired) electrons. The van der Waals surface area contributed by atoms with Gasteiger partial charge in [0.25, 0.3) is 5.91 Å². The van der Waals surface area contributed by atoms with Gasteiger partial charge in [-0.15, -0.1) is 0 Å². The summed E-state index contributed by atoms with van der Waals surface area (Å²) in [5.41, 5.74) is 2.66. The van der Waals surface area contributed by atoms with E-state index in [9.17, 15) is 4.79 Å². The van der Waals surface area contributed by atoms with Crippen LogP contribution < -0.4 is 0 Å². The first-order chi connectivity index (χ1) is 14.7. The number of aryl methyl sites for hydroxylation is 1. The van der Waals surface area contributed by atoms with Gasteiger partial charge >= 0.3 is 0 Å². The maximum atomic E-state index is 13.4. The average molecular weight is 399 g/mol. The van der Waals surface area contributed by atoms with Gasteiger partial charge in [0.1, 0.15) is 0 Å². The summed E-state index contributed by atoms with van der Waals surface area (Å²) in [7, 11) is 0. The Morgan fingerprint density at radius 2 is 1.87 bits per heavy atom. The monoisotopic (exact) mass is 399 g/mol. The van der Waals surface area contributed by atoms with E-state index in [0.29, 0.717) is 30.4 Å². The summed E-state index contributed by atoms with van der Waals surface area (Å²) in [5, 5.41) is 8.21. The van der Waals surface area contributed by atoms with Crippen molar-refractivity contribution in [3.8, 4) is 5.69 Å². The van der Waals surface area contributed by atoms with Crippen LogP contribution in [0.15, 0.2) is 77.6 Å². The van der Waals surface area contributed by atoms with Crippen molar-refractivity contribution in [2.45, 2.75) is 18.8 Å². The van der Waals surface area contributed by atoms with Crippen molar-refractivity contribution in [3.63, 3.8) is 0 Å². The Labute approximate surface area is 174 Å². The number of carbonyl (C=O) groups is 1. The molecule has 1 fully saturated rings. The normalized spacial score (nSPS) is 18.6. The number of rotatable bonds is 4. The lowest BCUT2D eigenvalue weighted by molar-refractivity contribution is 0.0788. The fraction of sp³-hybridized carbons (Fsp3) is 0.217. The molecule has 1 aliphatic heterocycles. The van der Waals surface area contributed by atoms with Crippen LogP contribution in [0.4, 0.5) is 0 Å². The largest absolute Gasteiger partial charge is 0.339 e. The van der Waals surface area contributed by atoms with Gasteiger partial charge in [0.2, 0.25) is 5.89 Å².